The van der Waals surface area contributed by atoms with Crippen molar-refractivity contribution in [2.24, 2.45) is 5.10 Å². The van der Waals surface area contributed by atoms with Crippen molar-refractivity contribution in [3.05, 3.63) is 66.5 Å². The van der Waals surface area contributed by atoms with Crippen molar-refractivity contribution in [1.82, 2.24) is 15.4 Å². The minimum Gasteiger partial charge on any atom is -0.272 e. The monoisotopic (exact) mass is 322 g/mol. The highest BCUT2D eigenvalue weighted by molar-refractivity contribution is 8.00. The lowest BCUT2D eigenvalue weighted by Gasteiger charge is -2.03. The Hall–Kier alpha value is -2.73. The molecule has 0 spiro atoms. The van der Waals surface area contributed by atoms with Gasteiger partial charge in [-0.3, -0.25) is 4.79 Å². The highest BCUT2D eigenvalue weighted by Crippen LogP contribution is 2.23. The average molecular weight is 322 g/mol. The molecule has 1 aromatic heterocycles. The molecule has 1 heterocycles. The molecule has 0 aliphatic carbocycles. The third-order valence-electron chi connectivity index (χ3n) is 3.05. The number of carbonyl (C=O) groups excluding carboxylic acids is 1. The van der Waals surface area contributed by atoms with Crippen molar-refractivity contribution in [3.8, 4) is 0 Å². The summed E-state index contributed by atoms with van der Waals surface area (Å²) >= 11 is 1.37. The number of benzene rings is 2. The molecule has 0 aliphatic heterocycles. The molecule has 6 heteroatoms. The van der Waals surface area contributed by atoms with Crippen molar-refractivity contribution in [2.45, 2.75) is 5.03 Å². The zero-order valence-electron chi connectivity index (χ0n) is 12.2. The van der Waals surface area contributed by atoms with Gasteiger partial charge in [0.1, 0.15) is 11.4 Å². The summed E-state index contributed by atoms with van der Waals surface area (Å²) < 4.78 is 0. The second kappa shape index (κ2) is 7.51. The fourth-order valence-electron chi connectivity index (χ4n) is 1.98. The van der Waals surface area contributed by atoms with Gasteiger partial charge >= 0.3 is 0 Å². The first-order chi connectivity index (χ1) is 11.3. The van der Waals surface area contributed by atoms with E-state index in [1.165, 1.54) is 18.1 Å². The average Bonchev–Trinajstić information content (AvgIpc) is 2.61. The molecular weight excluding hydrogens is 308 g/mol. The molecule has 0 fully saturated rings. The smallest absolute Gasteiger partial charge is 0.250 e. The van der Waals surface area contributed by atoms with E-state index >= 15 is 0 Å². The maximum atomic E-state index is 11.9. The molecule has 23 heavy (non-hydrogen) atoms. The van der Waals surface area contributed by atoms with Gasteiger partial charge in [0.25, 0.3) is 0 Å². The number of carbonyl (C=O) groups is 1. The van der Waals surface area contributed by atoms with Gasteiger partial charge in [0.05, 0.1) is 17.5 Å². The summed E-state index contributed by atoms with van der Waals surface area (Å²) in [5.41, 5.74) is 4.32. The largest absolute Gasteiger partial charge is 0.272 e. The molecule has 3 aromatic rings. The Morgan fingerprint density at radius 3 is 2.74 bits per heavy atom. The third-order valence-corrected chi connectivity index (χ3v) is 4.05. The minimum absolute atomic E-state index is 0.176. The highest BCUT2D eigenvalue weighted by atomic mass is 32.2. The standard InChI is InChI=1S/C17H14N4OS/c22-16(21-20-10-13-6-2-1-3-7-13)11-23-17-14-8-4-5-9-15(14)18-12-19-17/h1-10,12H,11H2,(H,21,22)/b20-10-. The Kier molecular flexibility index (Phi) is 4.95. The zero-order chi connectivity index (χ0) is 15.9. The van der Waals surface area contributed by atoms with Crippen LogP contribution < -0.4 is 5.43 Å². The number of thioether (sulfide) groups is 1. The topological polar surface area (TPSA) is 67.2 Å². The molecule has 114 valence electrons. The Bertz CT molecular complexity index is 831. The van der Waals surface area contributed by atoms with Gasteiger partial charge in [-0.2, -0.15) is 5.10 Å². The van der Waals surface area contributed by atoms with Gasteiger partial charge in [-0.1, -0.05) is 60.3 Å². The molecule has 0 saturated carbocycles. The van der Waals surface area contributed by atoms with Gasteiger partial charge in [-0.25, -0.2) is 15.4 Å². The lowest BCUT2D eigenvalue weighted by molar-refractivity contribution is -0.118. The van der Waals surface area contributed by atoms with Gasteiger partial charge < -0.3 is 0 Å². The summed E-state index contributed by atoms with van der Waals surface area (Å²) in [4.78, 5) is 20.3. The first-order valence-corrected chi connectivity index (χ1v) is 8.01. The SMILES string of the molecule is O=C(CSc1ncnc2ccccc12)N/N=C\c1ccccc1. The quantitative estimate of drug-likeness (QED) is 0.339. The summed E-state index contributed by atoms with van der Waals surface area (Å²) in [7, 11) is 0. The molecule has 0 aliphatic rings. The number of nitrogens with one attached hydrogen (secondary N) is 1. The summed E-state index contributed by atoms with van der Waals surface area (Å²) in [6.07, 6.45) is 3.12. The van der Waals surface area contributed by atoms with Gasteiger partial charge in [0.15, 0.2) is 0 Å². The molecule has 0 saturated heterocycles. The number of hydrogen-bond acceptors (Lipinski definition) is 5. The molecule has 0 unspecified atom stereocenters. The second-order valence-electron chi connectivity index (χ2n) is 4.69. The predicted octanol–water partition coefficient (Wildman–Crippen LogP) is 2.87. The molecule has 1 N–H and O–H groups in total. The number of fused-ring (bicyclic) bond motifs is 1. The van der Waals surface area contributed by atoms with Crippen LogP contribution in [0.5, 0.6) is 0 Å². The van der Waals surface area contributed by atoms with E-state index in [9.17, 15) is 4.79 Å². The van der Waals surface area contributed by atoms with Crippen molar-refractivity contribution in [3.63, 3.8) is 0 Å². The third kappa shape index (κ3) is 4.14. The Labute approximate surface area is 137 Å². The summed E-state index contributed by atoms with van der Waals surface area (Å²) in [6.45, 7) is 0. The molecule has 2 aromatic carbocycles. The molecule has 0 atom stereocenters. The summed E-state index contributed by atoms with van der Waals surface area (Å²) in [5, 5.41) is 5.68. The van der Waals surface area contributed by atoms with Gasteiger partial charge in [-0.05, 0) is 11.6 Å². The lowest BCUT2D eigenvalue weighted by Crippen LogP contribution is -2.19. The first kappa shape index (κ1) is 15.2. The molecule has 0 bridgehead atoms. The number of rotatable bonds is 5. The summed E-state index contributed by atoms with van der Waals surface area (Å²) in [6, 6.07) is 17.3. The van der Waals surface area contributed by atoms with Crippen LogP contribution in [0.25, 0.3) is 10.9 Å². The molecule has 0 radical (unpaired) electrons. The number of para-hydroxylation sites is 1. The number of hydrogen-bond donors (Lipinski definition) is 1. The van der Waals surface area contributed by atoms with Crippen LogP contribution in [-0.2, 0) is 4.79 Å². The van der Waals surface area contributed by atoms with E-state index in [2.05, 4.69) is 20.5 Å². The van der Waals surface area contributed by atoms with Crippen LogP contribution in [0, 0.1) is 0 Å². The fraction of sp³-hybridized carbons (Fsp3) is 0.0588. The second-order valence-corrected chi connectivity index (χ2v) is 5.65. The number of hydrazone groups is 1. The number of aromatic nitrogens is 2. The maximum absolute atomic E-state index is 11.9. The van der Waals surface area contributed by atoms with E-state index in [-0.39, 0.29) is 11.7 Å². The van der Waals surface area contributed by atoms with Crippen molar-refractivity contribution in [2.75, 3.05) is 5.75 Å². The van der Waals surface area contributed by atoms with Crippen molar-refractivity contribution < 1.29 is 4.79 Å². The van der Waals surface area contributed by atoms with E-state index in [0.717, 1.165) is 21.5 Å². The van der Waals surface area contributed by atoms with E-state index in [1.54, 1.807) is 6.21 Å². The Morgan fingerprint density at radius 2 is 1.87 bits per heavy atom. The normalized spacial score (nSPS) is 11.0. The van der Waals surface area contributed by atoms with Crippen LogP contribution in [0.2, 0.25) is 0 Å². The van der Waals surface area contributed by atoms with E-state index in [4.69, 9.17) is 0 Å². The van der Waals surface area contributed by atoms with E-state index in [0.29, 0.717) is 0 Å². The van der Waals surface area contributed by atoms with Gasteiger partial charge in [0.2, 0.25) is 5.91 Å². The number of nitrogens with zero attached hydrogens (tertiary/aromatic N) is 3. The van der Waals surface area contributed by atoms with E-state index < -0.39 is 0 Å². The van der Waals surface area contributed by atoms with Crippen molar-refractivity contribution in [1.29, 1.82) is 0 Å². The molecule has 5 nitrogen and oxygen atoms in total. The van der Waals surface area contributed by atoms with Crippen LogP contribution in [0.1, 0.15) is 5.56 Å². The van der Waals surface area contributed by atoms with E-state index in [1.807, 2.05) is 54.6 Å². The Morgan fingerprint density at radius 1 is 1.09 bits per heavy atom. The molecule has 3 rings (SSSR count). The maximum Gasteiger partial charge on any atom is 0.250 e. The predicted molar refractivity (Wildman–Crippen MR) is 92.4 cm³/mol. The van der Waals surface area contributed by atoms with Crippen LogP contribution in [0.15, 0.2) is 71.1 Å². The van der Waals surface area contributed by atoms with Crippen LogP contribution in [0.4, 0.5) is 0 Å². The van der Waals surface area contributed by atoms with Crippen molar-refractivity contribution >= 4 is 34.8 Å². The van der Waals surface area contributed by atoms with Crippen LogP contribution in [0.3, 0.4) is 0 Å². The molecular formula is C17H14N4OS. The Balaban J connectivity index is 1.57. The zero-order valence-corrected chi connectivity index (χ0v) is 13.0. The fourth-order valence-corrected chi connectivity index (χ4v) is 2.76. The minimum atomic E-state index is -0.176. The van der Waals surface area contributed by atoms with Gasteiger partial charge in [0, 0.05) is 5.39 Å². The van der Waals surface area contributed by atoms with Crippen LogP contribution >= 0.6 is 11.8 Å². The van der Waals surface area contributed by atoms with Gasteiger partial charge in [-0.15, -0.1) is 0 Å². The van der Waals surface area contributed by atoms with Crippen LogP contribution in [-0.4, -0.2) is 27.8 Å². The molecule has 1 amide bonds. The summed E-state index contributed by atoms with van der Waals surface area (Å²) in [5.74, 6) is 0.0671. The number of amides is 1. The lowest BCUT2D eigenvalue weighted by atomic mass is 10.2. The highest BCUT2D eigenvalue weighted by Gasteiger charge is 2.06. The first-order valence-electron chi connectivity index (χ1n) is 7.02.